The van der Waals surface area contributed by atoms with Crippen LogP contribution in [0.5, 0.6) is 0 Å². The van der Waals surface area contributed by atoms with Gasteiger partial charge in [-0.1, -0.05) is 35.9 Å². The van der Waals surface area contributed by atoms with Crippen molar-refractivity contribution in [3.63, 3.8) is 0 Å². The zero-order valence-corrected chi connectivity index (χ0v) is 11.3. The average Bonchev–Trinajstić information content (AvgIpc) is 2.82. The molecule has 0 aliphatic rings. The topological polar surface area (TPSA) is 57.8 Å². The van der Waals surface area contributed by atoms with Gasteiger partial charge in [-0.3, -0.25) is 9.89 Å². The van der Waals surface area contributed by atoms with E-state index in [1.54, 1.807) is 12.1 Å². The lowest BCUT2D eigenvalue weighted by Crippen LogP contribution is -2.14. The zero-order valence-electron chi connectivity index (χ0n) is 10.6. The number of aromatic nitrogens is 2. The Labute approximate surface area is 120 Å². The molecule has 0 spiro atoms. The highest BCUT2D eigenvalue weighted by Gasteiger charge is 2.09. The second kappa shape index (κ2) is 5.35. The number of rotatable bonds is 3. The van der Waals surface area contributed by atoms with E-state index in [1.807, 2.05) is 36.4 Å². The van der Waals surface area contributed by atoms with Gasteiger partial charge in [0.05, 0.1) is 11.9 Å². The van der Waals surface area contributed by atoms with Gasteiger partial charge >= 0.3 is 0 Å². The van der Waals surface area contributed by atoms with Gasteiger partial charge in [-0.05, 0) is 29.8 Å². The second-order valence-corrected chi connectivity index (χ2v) is 4.91. The van der Waals surface area contributed by atoms with E-state index in [0.29, 0.717) is 10.8 Å². The number of nitrogens with one attached hydrogen (secondary N) is 2. The van der Waals surface area contributed by atoms with Gasteiger partial charge in [0.25, 0.3) is 0 Å². The molecule has 3 aromatic rings. The van der Waals surface area contributed by atoms with E-state index in [0.717, 1.165) is 16.5 Å². The number of carbonyl (C=O) groups excluding carboxylic acids is 1. The summed E-state index contributed by atoms with van der Waals surface area (Å²) in [5.74, 6) is 0.428. The summed E-state index contributed by atoms with van der Waals surface area (Å²) in [5, 5.41) is 11.3. The van der Waals surface area contributed by atoms with E-state index in [-0.39, 0.29) is 12.3 Å². The lowest BCUT2D eigenvalue weighted by atomic mass is 10.1. The average molecular weight is 286 g/mol. The molecule has 1 heterocycles. The van der Waals surface area contributed by atoms with Crippen LogP contribution in [0, 0.1) is 0 Å². The van der Waals surface area contributed by atoms with E-state index in [2.05, 4.69) is 15.5 Å². The highest BCUT2D eigenvalue weighted by Crippen LogP contribution is 2.20. The summed E-state index contributed by atoms with van der Waals surface area (Å²) < 4.78 is 0. The summed E-state index contributed by atoms with van der Waals surface area (Å²) in [4.78, 5) is 12.0. The molecule has 0 saturated heterocycles. The van der Waals surface area contributed by atoms with Crippen LogP contribution in [0.25, 0.3) is 10.9 Å². The first-order chi connectivity index (χ1) is 9.72. The van der Waals surface area contributed by atoms with E-state index in [4.69, 9.17) is 11.6 Å². The summed E-state index contributed by atoms with van der Waals surface area (Å²) in [5.41, 5.74) is 1.76. The fraction of sp³-hybridized carbons (Fsp3) is 0.0667. The lowest BCUT2D eigenvalue weighted by Gasteiger charge is -2.03. The molecule has 2 aromatic carbocycles. The van der Waals surface area contributed by atoms with Crippen molar-refractivity contribution in [3.05, 3.63) is 59.1 Å². The Kier molecular flexibility index (Phi) is 3.39. The molecule has 0 bridgehead atoms. The summed E-state index contributed by atoms with van der Waals surface area (Å²) in [6, 6.07) is 14.9. The Hall–Kier alpha value is -2.33. The third kappa shape index (κ3) is 2.65. The zero-order chi connectivity index (χ0) is 13.9. The van der Waals surface area contributed by atoms with Crippen LogP contribution in [0.4, 0.5) is 5.82 Å². The van der Waals surface area contributed by atoms with Crippen molar-refractivity contribution in [1.82, 2.24) is 10.2 Å². The number of hydrogen-bond acceptors (Lipinski definition) is 2. The van der Waals surface area contributed by atoms with Crippen molar-refractivity contribution < 1.29 is 4.79 Å². The van der Waals surface area contributed by atoms with Crippen LogP contribution in [0.3, 0.4) is 0 Å². The third-order valence-electron chi connectivity index (χ3n) is 2.98. The molecule has 0 unspecified atom stereocenters. The largest absolute Gasteiger partial charge is 0.308 e. The molecule has 0 aliphatic heterocycles. The first kappa shape index (κ1) is 12.7. The van der Waals surface area contributed by atoms with Gasteiger partial charge in [-0.2, -0.15) is 5.10 Å². The molecule has 0 saturated carbocycles. The third-order valence-corrected chi connectivity index (χ3v) is 3.22. The maximum Gasteiger partial charge on any atom is 0.230 e. The molecule has 0 fully saturated rings. The first-order valence-electron chi connectivity index (χ1n) is 6.20. The molecule has 1 amide bonds. The molecule has 2 N–H and O–H groups in total. The van der Waals surface area contributed by atoms with Gasteiger partial charge < -0.3 is 5.32 Å². The molecule has 100 valence electrons. The smallest absolute Gasteiger partial charge is 0.230 e. The molecule has 3 rings (SSSR count). The van der Waals surface area contributed by atoms with E-state index >= 15 is 0 Å². The fourth-order valence-corrected chi connectivity index (χ4v) is 2.28. The SMILES string of the molecule is O=C(Cc1cccc(Cl)c1)Nc1n[nH]c2ccccc12. The minimum absolute atomic E-state index is 0.121. The number of hydrogen-bond donors (Lipinski definition) is 2. The van der Waals surface area contributed by atoms with Crippen LogP contribution in [0.1, 0.15) is 5.56 Å². The van der Waals surface area contributed by atoms with Crippen LogP contribution < -0.4 is 5.32 Å². The minimum atomic E-state index is -0.121. The molecule has 4 nitrogen and oxygen atoms in total. The van der Waals surface area contributed by atoms with Crippen LogP contribution in [-0.2, 0) is 11.2 Å². The van der Waals surface area contributed by atoms with Crippen LogP contribution in [0.2, 0.25) is 5.02 Å². The minimum Gasteiger partial charge on any atom is -0.308 e. The van der Waals surface area contributed by atoms with Crippen molar-refractivity contribution in [2.75, 3.05) is 5.32 Å². The van der Waals surface area contributed by atoms with E-state index in [1.165, 1.54) is 0 Å². The van der Waals surface area contributed by atoms with Gasteiger partial charge in [0.1, 0.15) is 0 Å². The number of amides is 1. The number of H-pyrrole nitrogens is 1. The molecular formula is C15H12ClN3O. The summed E-state index contributed by atoms with van der Waals surface area (Å²) >= 11 is 5.90. The quantitative estimate of drug-likeness (QED) is 0.775. The van der Waals surface area contributed by atoms with Crippen LogP contribution in [-0.4, -0.2) is 16.1 Å². The van der Waals surface area contributed by atoms with Crippen molar-refractivity contribution in [2.24, 2.45) is 0 Å². The number of anilines is 1. The first-order valence-corrected chi connectivity index (χ1v) is 6.57. The Morgan fingerprint density at radius 2 is 2.05 bits per heavy atom. The van der Waals surface area contributed by atoms with Crippen molar-refractivity contribution >= 4 is 34.2 Å². The number of fused-ring (bicyclic) bond motifs is 1. The van der Waals surface area contributed by atoms with Gasteiger partial charge in [-0.15, -0.1) is 0 Å². The molecule has 0 radical (unpaired) electrons. The normalized spacial score (nSPS) is 10.7. The van der Waals surface area contributed by atoms with Gasteiger partial charge in [0.2, 0.25) is 5.91 Å². The highest BCUT2D eigenvalue weighted by molar-refractivity contribution is 6.30. The lowest BCUT2D eigenvalue weighted by molar-refractivity contribution is -0.115. The van der Waals surface area contributed by atoms with E-state index < -0.39 is 0 Å². The second-order valence-electron chi connectivity index (χ2n) is 4.47. The van der Waals surface area contributed by atoms with Gasteiger partial charge in [0.15, 0.2) is 5.82 Å². The van der Waals surface area contributed by atoms with Gasteiger partial charge in [-0.25, -0.2) is 0 Å². The molecule has 5 heteroatoms. The molecule has 0 aliphatic carbocycles. The fourth-order valence-electron chi connectivity index (χ4n) is 2.07. The molecule has 20 heavy (non-hydrogen) atoms. The maximum atomic E-state index is 12.0. The van der Waals surface area contributed by atoms with E-state index in [9.17, 15) is 4.79 Å². The number of aromatic amines is 1. The standard InChI is InChI=1S/C15H12ClN3O/c16-11-5-3-4-10(8-11)9-14(20)17-15-12-6-1-2-7-13(12)18-19-15/h1-8H,9H2,(H2,17,18,19,20). The van der Waals surface area contributed by atoms with Crippen molar-refractivity contribution in [3.8, 4) is 0 Å². The number of para-hydroxylation sites is 1. The number of benzene rings is 2. The number of halogens is 1. The summed E-state index contributed by atoms with van der Waals surface area (Å²) in [6.07, 6.45) is 0.266. The highest BCUT2D eigenvalue weighted by atomic mass is 35.5. The van der Waals surface area contributed by atoms with Crippen LogP contribution in [0.15, 0.2) is 48.5 Å². The number of carbonyl (C=O) groups is 1. The Morgan fingerprint density at radius 3 is 2.90 bits per heavy atom. The van der Waals surface area contributed by atoms with Crippen molar-refractivity contribution in [1.29, 1.82) is 0 Å². The van der Waals surface area contributed by atoms with Crippen molar-refractivity contribution in [2.45, 2.75) is 6.42 Å². The Bertz CT molecular complexity index is 766. The maximum absolute atomic E-state index is 12.0. The molecule has 0 atom stereocenters. The Morgan fingerprint density at radius 1 is 1.20 bits per heavy atom. The predicted octanol–water partition coefficient (Wildman–Crippen LogP) is 3.40. The van der Waals surface area contributed by atoms with Crippen LogP contribution >= 0.6 is 11.6 Å². The Balaban J connectivity index is 1.76. The molecular weight excluding hydrogens is 274 g/mol. The summed E-state index contributed by atoms with van der Waals surface area (Å²) in [6.45, 7) is 0. The summed E-state index contributed by atoms with van der Waals surface area (Å²) in [7, 11) is 0. The monoisotopic (exact) mass is 285 g/mol. The predicted molar refractivity (Wildman–Crippen MR) is 79.9 cm³/mol. The number of nitrogens with zero attached hydrogens (tertiary/aromatic N) is 1. The van der Waals surface area contributed by atoms with Gasteiger partial charge in [0, 0.05) is 10.4 Å². The molecule has 1 aromatic heterocycles.